The largest absolute Gasteiger partial charge is 0.493 e. The van der Waals surface area contributed by atoms with Crippen LogP contribution in [0.5, 0.6) is 5.75 Å². The summed E-state index contributed by atoms with van der Waals surface area (Å²) in [4.78, 5) is 25.1. The van der Waals surface area contributed by atoms with Gasteiger partial charge in [0.2, 0.25) is 0 Å². The first-order valence-corrected chi connectivity index (χ1v) is 13.0. The molecule has 192 valence electrons. The fourth-order valence-corrected chi connectivity index (χ4v) is 5.22. The molecule has 4 aromatic rings. The van der Waals surface area contributed by atoms with Crippen molar-refractivity contribution in [3.63, 3.8) is 0 Å². The molecule has 6 nitrogen and oxygen atoms in total. The maximum atomic E-state index is 13.1. The second-order valence-electron chi connectivity index (χ2n) is 10.9. The van der Waals surface area contributed by atoms with Crippen molar-refractivity contribution in [1.29, 1.82) is 0 Å². The third-order valence-electron chi connectivity index (χ3n) is 7.03. The van der Waals surface area contributed by atoms with Crippen LogP contribution in [-0.2, 0) is 16.0 Å². The normalized spacial score (nSPS) is 14.0. The van der Waals surface area contributed by atoms with Crippen LogP contribution >= 0.6 is 0 Å². The summed E-state index contributed by atoms with van der Waals surface area (Å²) in [5.41, 5.74) is 6.20. The van der Waals surface area contributed by atoms with E-state index in [-0.39, 0.29) is 5.78 Å². The third kappa shape index (κ3) is 4.55. The first kappa shape index (κ1) is 25.2. The second-order valence-corrected chi connectivity index (χ2v) is 10.9. The number of fused-ring (bicyclic) bond motifs is 1. The van der Waals surface area contributed by atoms with Gasteiger partial charge in [-0.3, -0.25) is 9.78 Å². The summed E-state index contributed by atoms with van der Waals surface area (Å²) in [5, 5.41) is 2.01. The van der Waals surface area contributed by atoms with Gasteiger partial charge < -0.3 is 14.4 Å². The van der Waals surface area contributed by atoms with E-state index in [1.54, 1.807) is 6.92 Å². The number of benzene rings is 2. The average Bonchev–Trinajstić information content (AvgIpc) is 2.86. The SMILES string of the molecule is CCN(C)c1ccc2c(-c3ccc4c5c(ccnc35)CCO4)c([C@H](OC(C)(C)C)C(C)=O)c(C)cc2n1. The van der Waals surface area contributed by atoms with E-state index in [9.17, 15) is 4.79 Å². The van der Waals surface area contributed by atoms with E-state index in [4.69, 9.17) is 19.4 Å². The molecular formula is C31H35N3O3. The van der Waals surface area contributed by atoms with Gasteiger partial charge in [0.15, 0.2) is 5.78 Å². The minimum atomic E-state index is -0.723. The summed E-state index contributed by atoms with van der Waals surface area (Å²) >= 11 is 0. The Morgan fingerprint density at radius 1 is 1.19 bits per heavy atom. The maximum Gasteiger partial charge on any atom is 0.163 e. The lowest BCUT2D eigenvalue weighted by atomic mass is 9.85. The molecule has 0 bridgehead atoms. The molecule has 0 saturated carbocycles. The van der Waals surface area contributed by atoms with Crippen molar-refractivity contribution in [2.75, 3.05) is 25.1 Å². The van der Waals surface area contributed by atoms with Crippen LogP contribution in [-0.4, -0.2) is 41.6 Å². The van der Waals surface area contributed by atoms with Crippen LogP contribution in [0.15, 0.2) is 42.6 Å². The van der Waals surface area contributed by atoms with E-state index >= 15 is 0 Å². The molecule has 1 aliphatic rings. The maximum absolute atomic E-state index is 13.1. The molecule has 0 amide bonds. The van der Waals surface area contributed by atoms with Gasteiger partial charge in [0.1, 0.15) is 17.7 Å². The van der Waals surface area contributed by atoms with Crippen LogP contribution < -0.4 is 9.64 Å². The number of aryl methyl sites for hydroxylation is 1. The zero-order valence-electron chi connectivity index (χ0n) is 22.8. The van der Waals surface area contributed by atoms with Gasteiger partial charge in [-0.2, -0.15) is 0 Å². The summed E-state index contributed by atoms with van der Waals surface area (Å²) in [6, 6.07) is 12.4. The van der Waals surface area contributed by atoms with E-state index in [2.05, 4.69) is 36.1 Å². The van der Waals surface area contributed by atoms with Gasteiger partial charge >= 0.3 is 0 Å². The van der Waals surface area contributed by atoms with E-state index < -0.39 is 11.7 Å². The van der Waals surface area contributed by atoms with Crippen molar-refractivity contribution in [2.45, 2.75) is 59.7 Å². The van der Waals surface area contributed by atoms with E-state index in [1.165, 1.54) is 5.56 Å². The molecule has 0 unspecified atom stereocenters. The smallest absolute Gasteiger partial charge is 0.163 e. The predicted octanol–water partition coefficient (Wildman–Crippen LogP) is 6.59. The van der Waals surface area contributed by atoms with Gasteiger partial charge in [-0.1, -0.05) is 0 Å². The Balaban J connectivity index is 1.89. The summed E-state index contributed by atoms with van der Waals surface area (Å²) in [6.07, 6.45) is 1.99. The summed E-state index contributed by atoms with van der Waals surface area (Å²) in [5.74, 6) is 1.73. The van der Waals surface area contributed by atoms with E-state index in [0.29, 0.717) is 6.61 Å². The molecule has 0 aliphatic carbocycles. The number of ketones is 1. The van der Waals surface area contributed by atoms with Crippen molar-refractivity contribution < 1.29 is 14.3 Å². The predicted molar refractivity (Wildman–Crippen MR) is 150 cm³/mol. The molecule has 0 saturated heterocycles. The minimum absolute atomic E-state index is 0.0343. The zero-order valence-corrected chi connectivity index (χ0v) is 22.8. The molecule has 1 aliphatic heterocycles. The molecule has 6 heteroatoms. The Kier molecular flexibility index (Phi) is 6.40. The number of Topliss-reactive ketones (excluding diaryl/α,β-unsaturated/α-hetero) is 1. The van der Waals surface area contributed by atoms with Crippen molar-refractivity contribution >= 4 is 33.4 Å². The van der Waals surface area contributed by atoms with Crippen LogP contribution in [0.3, 0.4) is 0 Å². The monoisotopic (exact) mass is 497 g/mol. The number of aromatic nitrogens is 2. The lowest BCUT2D eigenvalue weighted by Gasteiger charge is -2.30. The first-order chi connectivity index (χ1) is 17.6. The molecule has 0 fully saturated rings. The highest BCUT2D eigenvalue weighted by atomic mass is 16.5. The molecule has 2 aromatic carbocycles. The Bertz CT molecular complexity index is 1510. The first-order valence-electron chi connectivity index (χ1n) is 13.0. The van der Waals surface area contributed by atoms with Crippen molar-refractivity contribution in [1.82, 2.24) is 9.97 Å². The third-order valence-corrected chi connectivity index (χ3v) is 7.03. The molecule has 5 rings (SSSR count). The number of ether oxygens (including phenoxy) is 2. The fourth-order valence-electron chi connectivity index (χ4n) is 5.22. The lowest BCUT2D eigenvalue weighted by Crippen LogP contribution is -2.27. The molecule has 37 heavy (non-hydrogen) atoms. The molecule has 0 spiro atoms. The number of hydrogen-bond acceptors (Lipinski definition) is 6. The molecule has 0 N–H and O–H groups in total. The van der Waals surface area contributed by atoms with Gasteiger partial charge in [-0.15, -0.1) is 0 Å². The Hall–Kier alpha value is -3.51. The Morgan fingerprint density at radius 3 is 2.68 bits per heavy atom. The number of anilines is 1. The van der Waals surface area contributed by atoms with Gasteiger partial charge in [0.25, 0.3) is 0 Å². The molecular weight excluding hydrogens is 462 g/mol. The summed E-state index contributed by atoms with van der Waals surface area (Å²) in [7, 11) is 2.04. The fraction of sp³-hybridized carbons (Fsp3) is 0.387. The molecule has 2 aromatic heterocycles. The van der Waals surface area contributed by atoms with E-state index in [1.807, 2.05) is 53.1 Å². The number of hydrogen-bond donors (Lipinski definition) is 0. The Morgan fingerprint density at radius 2 is 1.97 bits per heavy atom. The number of rotatable bonds is 6. The van der Waals surface area contributed by atoms with Crippen LogP contribution in [0.4, 0.5) is 5.82 Å². The van der Waals surface area contributed by atoms with Crippen molar-refractivity contribution in [3.05, 3.63) is 59.3 Å². The Labute approximate surface area is 218 Å². The van der Waals surface area contributed by atoms with Crippen molar-refractivity contribution in [2.24, 2.45) is 0 Å². The average molecular weight is 498 g/mol. The number of nitrogens with zero attached hydrogens (tertiary/aromatic N) is 3. The van der Waals surface area contributed by atoms with Crippen LogP contribution in [0.2, 0.25) is 0 Å². The minimum Gasteiger partial charge on any atom is -0.493 e. The quantitative estimate of drug-likeness (QED) is 0.299. The number of pyridine rings is 2. The lowest BCUT2D eigenvalue weighted by molar-refractivity contribution is -0.138. The van der Waals surface area contributed by atoms with Gasteiger partial charge in [-0.05, 0) is 100 Å². The van der Waals surface area contributed by atoms with Crippen LogP contribution in [0.25, 0.3) is 32.9 Å². The number of carbonyl (C=O) groups excluding carboxylic acids is 1. The van der Waals surface area contributed by atoms with Crippen molar-refractivity contribution in [3.8, 4) is 16.9 Å². The van der Waals surface area contributed by atoms with Gasteiger partial charge in [0, 0.05) is 42.5 Å². The molecule has 0 radical (unpaired) electrons. The number of carbonyl (C=O) groups is 1. The van der Waals surface area contributed by atoms with E-state index in [0.717, 1.165) is 68.6 Å². The van der Waals surface area contributed by atoms with Crippen LogP contribution in [0.1, 0.15) is 57.4 Å². The summed E-state index contributed by atoms with van der Waals surface area (Å²) < 4.78 is 12.4. The van der Waals surface area contributed by atoms with Gasteiger partial charge in [0.05, 0.1) is 23.2 Å². The van der Waals surface area contributed by atoms with Gasteiger partial charge in [-0.25, -0.2) is 4.98 Å². The summed E-state index contributed by atoms with van der Waals surface area (Å²) in [6.45, 7) is 13.2. The zero-order chi connectivity index (χ0) is 26.5. The highest BCUT2D eigenvalue weighted by molar-refractivity contribution is 6.08. The van der Waals surface area contributed by atoms with Crippen LogP contribution in [0, 0.1) is 6.92 Å². The molecule has 3 heterocycles. The second kappa shape index (κ2) is 9.42. The standard InChI is InChI=1S/C31H35N3O3/c1-8-34(7)25-12-10-21-23(33-25)17-18(2)26(30(19(3)35)37-31(4,5)6)28(21)22-9-11-24-27-20(14-16-36-24)13-15-32-29(22)27/h9-13,15,17,30H,8,14,16H2,1-7H3/t30-/m1/s1. The topological polar surface area (TPSA) is 64.6 Å². The highest BCUT2D eigenvalue weighted by Crippen LogP contribution is 2.45. The highest BCUT2D eigenvalue weighted by Gasteiger charge is 2.31. The molecule has 1 atom stereocenters.